The number of rotatable bonds is 4. The van der Waals surface area contributed by atoms with Crippen molar-refractivity contribution in [3.05, 3.63) is 30.1 Å². The van der Waals surface area contributed by atoms with Crippen LogP contribution in [0.4, 0.5) is 0 Å². The fraction of sp³-hybridized carbons (Fsp3) is 0.615. The molecule has 0 aliphatic carbocycles. The van der Waals surface area contributed by atoms with Crippen molar-refractivity contribution < 1.29 is 0 Å². The highest BCUT2D eigenvalue weighted by molar-refractivity contribution is 5.04. The average molecular weight is 279 g/mol. The van der Waals surface area contributed by atoms with E-state index < -0.39 is 0 Å². The number of nitrogens with zero attached hydrogens (tertiary/aromatic N) is 4. The highest BCUT2D eigenvalue weighted by atomic mass is 15.6. The SMILES string of the molecule is CCN1C(N)N(CC)C(N)N(Cc2ccccn2)C1N. The molecule has 7 heteroatoms. The monoisotopic (exact) mass is 279 g/mol. The Labute approximate surface area is 120 Å². The largest absolute Gasteiger partial charge is 0.303 e. The van der Waals surface area contributed by atoms with Gasteiger partial charge in [0.25, 0.3) is 0 Å². The molecule has 0 saturated carbocycles. The molecule has 0 bridgehead atoms. The molecule has 1 fully saturated rings. The number of pyridine rings is 1. The fourth-order valence-electron chi connectivity index (χ4n) is 2.65. The van der Waals surface area contributed by atoms with Crippen LogP contribution in [0, 0.1) is 0 Å². The van der Waals surface area contributed by atoms with Gasteiger partial charge in [0.05, 0.1) is 5.69 Å². The maximum Gasteiger partial charge on any atom is 0.119 e. The van der Waals surface area contributed by atoms with E-state index in [9.17, 15) is 0 Å². The lowest BCUT2D eigenvalue weighted by molar-refractivity contribution is -0.169. The molecule has 2 unspecified atom stereocenters. The molecule has 0 radical (unpaired) electrons. The zero-order valence-electron chi connectivity index (χ0n) is 12.2. The predicted octanol–water partition coefficient (Wildman–Crippen LogP) is -0.732. The van der Waals surface area contributed by atoms with Gasteiger partial charge in [-0.1, -0.05) is 19.9 Å². The van der Waals surface area contributed by atoms with E-state index >= 15 is 0 Å². The first-order chi connectivity index (χ1) is 9.60. The zero-order chi connectivity index (χ0) is 14.7. The first-order valence-corrected chi connectivity index (χ1v) is 7.04. The predicted molar refractivity (Wildman–Crippen MR) is 78.5 cm³/mol. The van der Waals surface area contributed by atoms with Gasteiger partial charge in [-0.2, -0.15) is 0 Å². The van der Waals surface area contributed by atoms with Crippen LogP contribution >= 0.6 is 0 Å². The second kappa shape index (κ2) is 6.57. The summed E-state index contributed by atoms with van der Waals surface area (Å²) in [5, 5.41) is 0. The standard InChI is InChI=1S/C13H25N7/c1-3-18-11(14)19(4-2)13(16)20(12(18)15)9-10-7-5-6-8-17-10/h5-8,11-13H,3-4,9,14-16H2,1-2H3. The minimum Gasteiger partial charge on any atom is -0.303 e. The normalized spacial score (nSPS) is 29.8. The van der Waals surface area contributed by atoms with Gasteiger partial charge in [-0.3, -0.25) is 4.98 Å². The van der Waals surface area contributed by atoms with Crippen molar-refractivity contribution in [2.45, 2.75) is 39.3 Å². The third-order valence-corrected chi connectivity index (χ3v) is 3.84. The minimum absolute atomic E-state index is 0.255. The van der Waals surface area contributed by atoms with E-state index in [0.29, 0.717) is 6.54 Å². The molecular formula is C13H25N7. The smallest absolute Gasteiger partial charge is 0.119 e. The summed E-state index contributed by atoms with van der Waals surface area (Å²) in [6.45, 7) is 6.23. The first kappa shape index (κ1) is 15.3. The maximum absolute atomic E-state index is 6.32. The van der Waals surface area contributed by atoms with Crippen LogP contribution in [0.3, 0.4) is 0 Å². The Morgan fingerprint density at radius 3 is 1.95 bits per heavy atom. The number of hydrogen-bond acceptors (Lipinski definition) is 7. The summed E-state index contributed by atoms with van der Waals surface area (Å²) in [5.74, 6) is 0. The molecule has 1 aromatic rings. The number of nitrogens with two attached hydrogens (primary N) is 3. The van der Waals surface area contributed by atoms with E-state index in [2.05, 4.69) is 4.98 Å². The lowest BCUT2D eigenvalue weighted by Gasteiger charge is -2.53. The molecule has 112 valence electrons. The molecule has 0 aromatic carbocycles. The van der Waals surface area contributed by atoms with Crippen molar-refractivity contribution >= 4 is 0 Å². The van der Waals surface area contributed by atoms with E-state index in [0.717, 1.165) is 18.8 Å². The maximum atomic E-state index is 6.32. The number of hydrogen-bond donors (Lipinski definition) is 3. The second-order valence-corrected chi connectivity index (χ2v) is 4.90. The Balaban J connectivity index is 2.21. The van der Waals surface area contributed by atoms with Crippen molar-refractivity contribution in [1.82, 2.24) is 19.7 Å². The van der Waals surface area contributed by atoms with Crippen LogP contribution in [0.15, 0.2) is 24.4 Å². The molecule has 1 aromatic heterocycles. The lowest BCUT2D eigenvalue weighted by Crippen LogP contribution is -2.77. The second-order valence-electron chi connectivity index (χ2n) is 4.90. The molecule has 0 amide bonds. The summed E-state index contributed by atoms with van der Waals surface area (Å²) in [5.41, 5.74) is 19.8. The molecule has 2 rings (SSSR count). The summed E-state index contributed by atoms with van der Waals surface area (Å²) < 4.78 is 0. The van der Waals surface area contributed by atoms with Crippen molar-refractivity contribution in [2.24, 2.45) is 17.2 Å². The highest BCUT2D eigenvalue weighted by Gasteiger charge is 2.40. The van der Waals surface area contributed by atoms with Crippen molar-refractivity contribution in [3.8, 4) is 0 Å². The van der Waals surface area contributed by atoms with Gasteiger partial charge >= 0.3 is 0 Å². The van der Waals surface area contributed by atoms with Gasteiger partial charge in [0.15, 0.2) is 0 Å². The van der Waals surface area contributed by atoms with Crippen LogP contribution in [0.2, 0.25) is 0 Å². The van der Waals surface area contributed by atoms with Crippen molar-refractivity contribution in [3.63, 3.8) is 0 Å². The molecule has 1 saturated heterocycles. The van der Waals surface area contributed by atoms with Gasteiger partial charge in [-0.25, -0.2) is 14.7 Å². The van der Waals surface area contributed by atoms with Crippen LogP contribution < -0.4 is 17.2 Å². The first-order valence-electron chi connectivity index (χ1n) is 7.04. The van der Waals surface area contributed by atoms with Gasteiger partial charge in [0.2, 0.25) is 0 Å². The quantitative estimate of drug-likeness (QED) is 0.668. The minimum atomic E-state index is -0.310. The Kier molecular flexibility index (Phi) is 5.03. The summed E-state index contributed by atoms with van der Waals surface area (Å²) in [6, 6.07) is 5.83. The van der Waals surface area contributed by atoms with Gasteiger partial charge in [0.1, 0.15) is 18.9 Å². The Morgan fingerprint density at radius 1 is 0.950 bits per heavy atom. The van der Waals surface area contributed by atoms with Gasteiger partial charge in [0, 0.05) is 25.8 Å². The van der Waals surface area contributed by atoms with Crippen LogP contribution in [0.5, 0.6) is 0 Å². The fourth-order valence-corrected chi connectivity index (χ4v) is 2.65. The van der Waals surface area contributed by atoms with Gasteiger partial charge < -0.3 is 17.2 Å². The Bertz CT molecular complexity index is 394. The zero-order valence-corrected chi connectivity index (χ0v) is 12.2. The third kappa shape index (κ3) is 2.83. The molecule has 6 N–H and O–H groups in total. The van der Waals surface area contributed by atoms with Crippen LogP contribution in [0.25, 0.3) is 0 Å². The molecule has 1 aliphatic rings. The average Bonchev–Trinajstić information content (AvgIpc) is 2.46. The molecule has 7 nitrogen and oxygen atoms in total. The van der Waals surface area contributed by atoms with Gasteiger partial charge in [-0.05, 0) is 12.1 Å². The topological polar surface area (TPSA) is 101 Å². The van der Waals surface area contributed by atoms with E-state index in [1.165, 1.54) is 0 Å². The van der Waals surface area contributed by atoms with E-state index in [1.54, 1.807) is 6.20 Å². The van der Waals surface area contributed by atoms with E-state index in [-0.39, 0.29) is 18.9 Å². The summed E-state index contributed by atoms with van der Waals surface area (Å²) >= 11 is 0. The van der Waals surface area contributed by atoms with E-state index in [1.807, 2.05) is 46.7 Å². The van der Waals surface area contributed by atoms with E-state index in [4.69, 9.17) is 17.2 Å². The molecule has 2 atom stereocenters. The number of aromatic nitrogens is 1. The van der Waals surface area contributed by atoms with Crippen LogP contribution in [-0.4, -0.2) is 51.6 Å². The van der Waals surface area contributed by atoms with Crippen molar-refractivity contribution in [2.75, 3.05) is 13.1 Å². The van der Waals surface area contributed by atoms with Crippen molar-refractivity contribution in [1.29, 1.82) is 0 Å². The molecule has 1 aliphatic heterocycles. The van der Waals surface area contributed by atoms with Gasteiger partial charge in [-0.15, -0.1) is 0 Å². The summed E-state index contributed by atoms with van der Waals surface area (Å²) in [7, 11) is 0. The lowest BCUT2D eigenvalue weighted by atomic mass is 10.3. The third-order valence-electron chi connectivity index (χ3n) is 3.84. The summed E-state index contributed by atoms with van der Waals surface area (Å²) in [6.07, 6.45) is 0.900. The molecule has 20 heavy (non-hydrogen) atoms. The Morgan fingerprint density at radius 2 is 1.50 bits per heavy atom. The van der Waals surface area contributed by atoms with Crippen LogP contribution in [-0.2, 0) is 6.54 Å². The van der Waals surface area contributed by atoms with Crippen LogP contribution in [0.1, 0.15) is 19.5 Å². The molecule has 2 heterocycles. The highest BCUT2D eigenvalue weighted by Crippen LogP contribution is 2.20. The molecular weight excluding hydrogens is 254 g/mol. The Hall–Kier alpha value is -1.09. The molecule has 0 spiro atoms. The summed E-state index contributed by atoms with van der Waals surface area (Å²) in [4.78, 5) is 10.4.